The van der Waals surface area contributed by atoms with Gasteiger partial charge in [-0.2, -0.15) is 0 Å². The molecule has 6 nitrogen and oxygen atoms in total. The molecule has 0 saturated heterocycles. The first kappa shape index (κ1) is 19.4. The van der Waals surface area contributed by atoms with Crippen LogP contribution in [-0.2, 0) is 19.1 Å². The summed E-state index contributed by atoms with van der Waals surface area (Å²) in [5.74, 6) is -0.896. The third-order valence-corrected chi connectivity index (χ3v) is 2.46. The van der Waals surface area contributed by atoms with Gasteiger partial charge in [-0.15, -0.1) is 0 Å². The lowest BCUT2D eigenvalue weighted by atomic mass is 9.96. The molecule has 0 aliphatic carbocycles. The summed E-state index contributed by atoms with van der Waals surface area (Å²) < 4.78 is 5.16. The van der Waals surface area contributed by atoms with Crippen molar-refractivity contribution in [2.75, 3.05) is 6.54 Å². The highest BCUT2D eigenvalue weighted by atomic mass is 16.6. The van der Waals surface area contributed by atoms with Gasteiger partial charge in [0.15, 0.2) is 0 Å². The number of amides is 2. The Morgan fingerprint density at radius 1 is 1.05 bits per heavy atom. The fourth-order valence-corrected chi connectivity index (χ4v) is 1.32. The average Bonchev–Trinajstić information content (AvgIpc) is 2.24. The molecule has 0 aliphatic rings. The molecule has 0 aliphatic heterocycles. The number of nitrogens with one attached hydrogen (secondary N) is 2. The van der Waals surface area contributed by atoms with Gasteiger partial charge < -0.3 is 15.4 Å². The Bertz CT molecular complexity index is 391. The largest absolute Gasteiger partial charge is 0.458 e. The van der Waals surface area contributed by atoms with E-state index in [1.807, 2.05) is 0 Å². The second kappa shape index (κ2) is 7.43. The molecule has 0 rings (SSSR count). The molecule has 0 aromatic carbocycles. The quantitative estimate of drug-likeness (QED) is 0.751. The Kier molecular flexibility index (Phi) is 6.86. The normalized spacial score (nSPS) is 13.3. The maximum absolute atomic E-state index is 11.7. The fourth-order valence-electron chi connectivity index (χ4n) is 1.32. The van der Waals surface area contributed by atoms with Crippen molar-refractivity contribution in [2.45, 2.75) is 66.5 Å². The van der Waals surface area contributed by atoms with Gasteiger partial charge >= 0.3 is 5.97 Å². The topological polar surface area (TPSA) is 84.5 Å². The van der Waals surface area contributed by atoms with E-state index in [-0.39, 0.29) is 24.8 Å². The minimum atomic E-state index is -0.713. The number of ether oxygens (including phenoxy) is 1. The molecule has 0 saturated carbocycles. The van der Waals surface area contributed by atoms with Crippen molar-refractivity contribution in [3.63, 3.8) is 0 Å². The van der Waals surface area contributed by atoms with E-state index in [4.69, 9.17) is 4.74 Å². The molecule has 0 fully saturated rings. The van der Waals surface area contributed by atoms with Crippen molar-refractivity contribution in [2.24, 2.45) is 5.41 Å². The van der Waals surface area contributed by atoms with Gasteiger partial charge in [0.2, 0.25) is 11.8 Å². The lowest BCUT2D eigenvalue weighted by Gasteiger charge is -2.22. The van der Waals surface area contributed by atoms with Crippen molar-refractivity contribution in [3.8, 4) is 0 Å². The van der Waals surface area contributed by atoms with Crippen LogP contribution >= 0.6 is 0 Å². The molecule has 2 N–H and O–H groups in total. The third-order valence-electron chi connectivity index (χ3n) is 2.46. The number of hydrogen-bond acceptors (Lipinski definition) is 4. The van der Waals surface area contributed by atoms with E-state index in [2.05, 4.69) is 10.6 Å². The number of esters is 1. The van der Waals surface area contributed by atoms with Crippen molar-refractivity contribution in [1.82, 2.24) is 10.6 Å². The van der Waals surface area contributed by atoms with E-state index in [1.54, 1.807) is 48.5 Å². The number of hydrogen-bond donors (Lipinski definition) is 2. The lowest BCUT2D eigenvalue weighted by Crippen LogP contribution is -2.43. The predicted octanol–water partition coefficient (Wildman–Crippen LogP) is 1.39. The Labute approximate surface area is 127 Å². The zero-order chi connectivity index (χ0) is 16.8. The molecule has 0 spiro atoms. The fraction of sp³-hybridized carbons (Fsp3) is 0.800. The van der Waals surface area contributed by atoms with E-state index in [0.717, 1.165) is 0 Å². The summed E-state index contributed by atoms with van der Waals surface area (Å²) in [4.78, 5) is 35.0. The Balaban J connectivity index is 4.10. The SMILES string of the molecule is C[C@H](NC(=O)CCNC(=O)C(C)(C)C)C(=O)OC(C)(C)C. The Hall–Kier alpha value is -1.59. The van der Waals surface area contributed by atoms with Crippen molar-refractivity contribution in [3.05, 3.63) is 0 Å². The van der Waals surface area contributed by atoms with E-state index >= 15 is 0 Å². The summed E-state index contributed by atoms with van der Waals surface area (Å²) >= 11 is 0. The van der Waals surface area contributed by atoms with Crippen LogP contribution in [0.3, 0.4) is 0 Å². The highest BCUT2D eigenvalue weighted by Crippen LogP contribution is 2.12. The summed E-state index contributed by atoms with van der Waals surface area (Å²) in [6.07, 6.45) is 0.120. The number of carbonyl (C=O) groups excluding carboxylic acids is 3. The smallest absolute Gasteiger partial charge is 0.328 e. The summed E-state index contributed by atoms with van der Waals surface area (Å²) in [5.41, 5.74) is -1.07. The molecule has 0 aromatic rings. The lowest BCUT2D eigenvalue weighted by molar-refractivity contribution is -0.158. The van der Waals surface area contributed by atoms with Crippen LogP contribution in [-0.4, -0.2) is 36.0 Å². The van der Waals surface area contributed by atoms with Crippen LogP contribution in [0, 0.1) is 5.41 Å². The summed E-state index contributed by atoms with van der Waals surface area (Å²) in [7, 11) is 0. The van der Waals surface area contributed by atoms with Gasteiger partial charge in [0.1, 0.15) is 11.6 Å². The van der Waals surface area contributed by atoms with Crippen LogP contribution in [0.4, 0.5) is 0 Å². The average molecular weight is 300 g/mol. The van der Waals surface area contributed by atoms with Crippen LogP contribution in [0.5, 0.6) is 0 Å². The third kappa shape index (κ3) is 9.05. The van der Waals surface area contributed by atoms with Crippen LogP contribution in [0.15, 0.2) is 0 Å². The summed E-state index contributed by atoms with van der Waals surface area (Å²) in [6, 6.07) is -0.713. The molecular formula is C15H28N2O4. The highest BCUT2D eigenvalue weighted by Gasteiger charge is 2.23. The standard InChI is InChI=1S/C15H28N2O4/c1-10(12(19)21-15(5,6)7)17-11(18)8-9-16-13(20)14(2,3)4/h10H,8-9H2,1-7H3,(H,16,20)(H,17,18)/t10-/m0/s1. The van der Waals surface area contributed by atoms with Crippen molar-refractivity contribution < 1.29 is 19.1 Å². The van der Waals surface area contributed by atoms with E-state index in [1.165, 1.54) is 0 Å². The van der Waals surface area contributed by atoms with Crippen LogP contribution in [0.2, 0.25) is 0 Å². The molecule has 0 unspecified atom stereocenters. The zero-order valence-electron chi connectivity index (χ0n) is 14.1. The monoisotopic (exact) mass is 300 g/mol. The maximum Gasteiger partial charge on any atom is 0.328 e. The van der Waals surface area contributed by atoms with Crippen molar-refractivity contribution in [1.29, 1.82) is 0 Å². The number of carbonyl (C=O) groups is 3. The van der Waals surface area contributed by atoms with Crippen molar-refractivity contribution >= 4 is 17.8 Å². The first-order valence-electron chi connectivity index (χ1n) is 7.13. The molecule has 0 aromatic heterocycles. The van der Waals surface area contributed by atoms with E-state index in [9.17, 15) is 14.4 Å². The van der Waals surface area contributed by atoms with Gasteiger partial charge in [-0.3, -0.25) is 9.59 Å². The molecule has 6 heteroatoms. The zero-order valence-corrected chi connectivity index (χ0v) is 14.1. The molecule has 1 atom stereocenters. The van der Waals surface area contributed by atoms with Crippen LogP contribution in [0.25, 0.3) is 0 Å². The minimum Gasteiger partial charge on any atom is -0.458 e. The molecule has 0 bridgehead atoms. The summed E-state index contributed by atoms with van der Waals surface area (Å²) in [6.45, 7) is 12.5. The van der Waals surface area contributed by atoms with Crippen LogP contribution < -0.4 is 10.6 Å². The second-order valence-electron chi connectivity index (χ2n) is 7.08. The van der Waals surface area contributed by atoms with Gasteiger partial charge in [0.25, 0.3) is 0 Å². The Morgan fingerprint density at radius 3 is 2.00 bits per heavy atom. The van der Waals surface area contributed by atoms with E-state index in [0.29, 0.717) is 0 Å². The maximum atomic E-state index is 11.7. The molecular weight excluding hydrogens is 272 g/mol. The highest BCUT2D eigenvalue weighted by molar-refractivity contribution is 5.85. The second-order valence-corrected chi connectivity index (χ2v) is 7.08. The Morgan fingerprint density at radius 2 is 1.57 bits per heavy atom. The predicted molar refractivity (Wildman–Crippen MR) is 80.5 cm³/mol. The van der Waals surface area contributed by atoms with Gasteiger partial charge in [0, 0.05) is 18.4 Å². The van der Waals surface area contributed by atoms with Gasteiger partial charge in [0.05, 0.1) is 0 Å². The molecule has 0 radical (unpaired) electrons. The first-order valence-corrected chi connectivity index (χ1v) is 7.13. The van der Waals surface area contributed by atoms with E-state index < -0.39 is 23.0 Å². The molecule has 2 amide bonds. The molecule has 122 valence electrons. The van der Waals surface area contributed by atoms with Gasteiger partial charge in [-0.1, -0.05) is 20.8 Å². The molecule has 0 heterocycles. The molecule has 21 heavy (non-hydrogen) atoms. The minimum absolute atomic E-state index is 0.115. The first-order chi connectivity index (χ1) is 9.33. The van der Waals surface area contributed by atoms with Crippen LogP contribution in [0.1, 0.15) is 54.9 Å². The summed E-state index contributed by atoms with van der Waals surface area (Å²) in [5, 5.41) is 5.23. The number of rotatable bonds is 5. The van der Waals surface area contributed by atoms with Gasteiger partial charge in [-0.25, -0.2) is 4.79 Å². The van der Waals surface area contributed by atoms with Gasteiger partial charge in [-0.05, 0) is 27.7 Å².